The van der Waals surface area contributed by atoms with Crippen LogP contribution < -0.4 is 0 Å². The zero-order valence-electron chi connectivity index (χ0n) is 11.4. The first-order valence-corrected chi connectivity index (χ1v) is 6.79. The average molecular weight is 292 g/mol. The predicted octanol–water partition coefficient (Wildman–Crippen LogP) is 2.61. The van der Waals surface area contributed by atoms with Gasteiger partial charge in [-0.3, -0.25) is 9.59 Å². The minimum Gasteiger partial charge on any atom is -0.367 e. The fourth-order valence-corrected chi connectivity index (χ4v) is 2.60. The maximum atomic E-state index is 12.4. The normalized spacial score (nSPS) is 11.1. The van der Waals surface area contributed by atoms with Crippen molar-refractivity contribution in [3.63, 3.8) is 0 Å². The Hall–Kier alpha value is -3.28. The van der Waals surface area contributed by atoms with E-state index in [1.807, 2.05) is 0 Å². The molecule has 6 heteroatoms. The van der Waals surface area contributed by atoms with Gasteiger partial charge < -0.3 is 19.9 Å². The number of hydrogen-bond donors (Lipinski definition) is 4. The lowest BCUT2D eigenvalue weighted by molar-refractivity contribution is 0.103. The zero-order chi connectivity index (χ0) is 15.1. The molecule has 108 valence electrons. The van der Waals surface area contributed by atoms with Crippen LogP contribution in [0.5, 0.6) is 0 Å². The van der Waals surface area contributed by atoms with Gasteiger partial charge in [0.25, 0.3) is 0 Å². The Labute approximate surface area is 124 Å². The van der Waals surface area contributed by atoms with Crippen molar-refractivity contribution >= 4 is 22.6 Å². The molecular weight excluding hydrogens is 280 g/mol. The molecule has 0 aliphatic rings. The Bertz CT molecular complexity index is 875. The summed E-state index contributed by atoms with van der Waals surface area (Å²) in [6.45, 7) is 0. The molecular formula is C16H12N4O2. The fraction of sp³-hybridized carbons (Fsp3) is 0. The number of aromatic amines is 4. The van der Waals surface area contributed by atoms with Crippen LogP contribution in [0.4, 0.5) is 0 Å². The van der Waals surface area contributed by atoms with E-state index in [1.54, 1.807) is 49.3 Å². The van der Waals surface area contributed by atoms with E-state index in [0.29, 0.717) is 33.3 Å². The molecule has 0 amide bonds. The highest BCUT2D eigenvalue weighted by Gasteiger charge is 2.21. The molecule has 4 heterocycles. The Morgan fingerprint density at radius 1 is 0.682 bits per heavy atom. The van der Waals surface area contributed by atoms with Crippen LogP contribution in [-0.4, -0.2) is 31.5 Å². The van der Waals surface area contributed by atoms with Gasteiger partial charge in [-0.25, -0.2) is 0 Å². The lowest BCUT2D eigenvalue weighted by Crippen LogP contribution is -1.98. The monoisotopic (exact) mass is 292 g/mol. The summed E-state index contributed by atoms with van der Waals surface area (Å²) in [7, 11) is 0. The third-order valence-corrected chi connectivity index (χ3v) is 3.72. The summed E-state index contributed by atoms with van der Waals surface area (Å²) in [6.07, 6.45) is 9.96. The van der Waals surface area contributed by atoms with Gasteiger partial charge >= 0.3 is 0 Å². The summed E-state index contributed by atoms with van der Waals surface area (Å²) in [5.74, 6) is -0.204. The number of ketones is 2. The molecule has 0 spiro atoms. The molecule has 0 atom stereocenters. The van der Waals surface area contributed by atoms with Crippen molar-refractivity contribution in [2.45, 2.75) is 0 Å². The quantitative estimate of drug-likeness (QED) is 0.435. The first-order valence-electron chi connectivity index (χ1n) is 6.79. The maximum absolute atomic E-state index is 12.4. The van der Waals surface area contributed by atoms with E-state index >= 15 is 0 Å². The molecule has 4 rings (SSSR count). The number of aromatic nitrogens is 4. The van der Waals surface area contributed by atoms with Gasteiger partial charge in [-0.1, -0.05) is 0 Å². The van der Waals surface area contributed by atoms with E-state index in [2.05, 4.69) is 19.9 Å². The van der Waals surface area contributed by atoms with Crippen LogP contribution in [0.15, 0.2) is 49.3 Å². The topological polar surface area (TPSA) is 97.3 Å². The number of rotatable bonds is 4. The number of hydrogen-bond acceptors (Lipinski definition) is 2. The van der Waals surface area contributed by atoms with E-state index in [0.717, 1.165) is 0 Å². The molecule has 0 saturated heterocycles. The van der Waals surface area contributed by atoms with Gasteiger partial charge in [0.05, 0.1) is 22.2 Å². The van der Waals surface area contributed by atoms with Crippen molar-refractivity contribution < 1.29 is 9.59 Å². The molecule has 4 N–H and O–H groups in total. The van der Waals surface area contributed by atoms with Crippen LogP contribution in [0.25, 0.3) is 11.0 Å². The lowest BCUT2D eigenvalue weighted by Gasteiger charge is -1.93. The second kappa shape index (κ2) is 4.63. The van der Waals surface area contributed by atoms with Crippen LogP contribution in [0.2, 0.25) is 0 Å². The van der Waals surface area contributed by atoms with Crippen molar-refractivity contribution in [1.82, 2.24) is 19.9 Å². The van der Waals surface area contributed by atoms with Crippen molar-refractivity contribution in [3.05, 3.63) is 71.6 Å². The van der Waals surface area contributed by atoms with Gasteiger partial charge in [0, 0.05) is 48.3 Å². The molecule has 4 aromatic heterocycles. The molecule has 0 radical (unpaired) electrons. The summed E-state index contributed by atoms with van der Waals surface area (Å²) in [5.41, 5.74) is 3.48. The predicted molar refractivity (Wildman–Crippen MR) is 81.1 cm³/mol. The van der Waals surface area contributed by atoms with Gasteiger partial charge in [-0.2, -0.15) is 0 Å². The minimum absolute atomic E-state index is 0.102. The largest absolute Gasteiger partial charge is 0.367 e. The minimum atomic E-state index is -0.102. The molecule has 0 fully saturated rings. The van der Waals surface area contributed by atoms with Crippen molar-refractivity contribution in [1.29, 1.82) is 0 Å². The van der Waals surface area contributed by atoms with E-state index in [4.69, 9.17) is 0 Å². The van der Waals surface area contributed by atoms with Crippen LogP contribution >= 0.6 is 0 Å². The maximum Gasteiger partial charge on any atom is 0.198 e. The van der Waals surface area contributed by atoms with E-state index in [-0.39, 0.29) is 11.6 Å². The average Bonchev–Trinajstić information content (AvgIpc) is 3.30. The van der Waals surface area contributed by atoms with Gasteiger partial charge in [0.2, 0.25) is 0 Å². The summed E-state index contributed by atoms with van der Waals surface area (Å²) < 4.78 is 0. The third kappa shape index (κ3) is 1.74. The molecule has 0 saturated carbocycles. The molecule has 22 heavy (non-hydrogen) atoms. The van der Waals surface area contributed by atoms with Crippen molar-refractivity contribution in [2.24, 2.45) is 0 Å². The number of H-pyrrole nitrogens is 4. The summed E-state index contributed by atoms with van der Waals surface area (Å²) in [5, 5.41) is 0. The molecule has 6 nitrogen and oxygen atoms in total. The lowest BCUT2D eigenvalue weighted by atomic mass is 10.1. The van der Waals surface area contributed by atoms with Gasteiger partial charge in [0.1, 0.15) is 0 Å². The molecule has 0 aromatic carbocycles. The fourth-order valence-electron chi connectivity index (χ4n) is 2.60. The third-order valence-electron chi connectivity index (χ3n) is 3.72. The van der Waals surface area contributed by atoms with E-state index < -0.39 is 0 Å². The Balaban J connectivity index is 1.79. The van der Waals surface area contributed by atoms with Crippen LogP contribution in [0, 0.1) is 0 Å². The molecule has 0 aliphatic carbocycles. The highest BCUT2D eigenvalue weighted by Crippen LogP contribution is 2.25. The van der Waals surface area contributed by atoms with E-state index in [1.165, 1.54) is 0 Å². The van der Waals surface area contributed by atoms with Gasteiger partial charge in [0.15, 0.2) is 11.6 Å². The van der Waals surface area contributed by atoms with E-state index in [9.17, 15) is 9.59 Å². The van der Waals surface area contributed by atoms with Gasteiger partial charge in [-0.15, -0.1) is 0 Å². The standard InChI is InChI=1S/C16H12N4O2/c21-15(9-1-3-17-5-9)11-7-19-14-12(8-20-13(11)14)16(22)10-2-4-18-6-10/h1-8,17-20H. The zero-order valence-corrected chi connectivity index (χ0v) is 11.4. The summed E-state index contributed by atoms with van der Waals surface area (Å²) in [4.78, 5) is 36.7. The number of nitrogens with one attached hydrogen (secondary N) is 4. The Kier molecular flexibility index (Phi) is 2.62. The van der Waals surface area contributed by atoms with Gasteiger partial charge in [-0.05, 0) is 12.1 Å². The Morgan fingerprint density at radius 3 is 1.50 bits per heavy atom. The number of carbonyl (C=O) groups excluding carboxylic acids is 2. The summed E-state index contributed by atoms with van der Waals surface area (Å²) in [6, 6.07) is 3.44. The Morgan fingerprint density at radius 2 is 1.14 bits per heavy atom. The second-order valence-corrected chi connectivity index (χ2v) is 5.01. The molecule has 0 bridgehead atoms. The second-order valence-electron chi connectivity index (χ2n) is 5.01. The first kappa shape index (κ1) is 12.5. The molecule has 0 aliphatic heterocycles. The molecule has 0 unspecified atom stereocenters. The van der Waals surface area contributed by atoms with Crippen LogP contribution in [0.3, 0.4) is 0 Å². The molecule has 4 aromatic rings. The van der Waals surface area contributed by atoms with Crippen molar-refractivity contribution in [2.75, 3.05) is 0 Å². The highest BCUT2D eigenvalue weighted by atomic mass is 16.1. The van der Waals surface area contributed by atoms with Crippen molar-refractivity contribution in [3.8, 4) is 0 Å². The number of carbonyl (C=O) groups is 2. The smallest absolute Gasteiger partial charge is 0.198 e. The first-order chi connectivity index (χ1) is 10.8. The SMILES string of the molecule is O=C(c1cc[nH]c1)c1c[nH]c2c(C(=O)c3cc[nH]c3)c[nH]c12. The van der Waals surface area contributed by atoms with Crippen LogP contribution in [0.1, 0.15) is 31.8 Å². The van der Waals surface area contributed by atoms with Crippen LogP contribution in [-0.2, 0) is 0 Å². The highest BCUT2D eigenvalue weighted by molar-refractivity contribution is 6.20. The summed E-state index contributed by atoms with van der Waals surface area (Å²) >= 11 is 0. The number of fused-ring (bicyclic) bond motifs is 1.